The van der Waals surface area contributed by atoms with Crippen LogP contribution in [0.1, 0.15) is 11.1 Å². The average Bonchev–Trinajstić information content (AvgIpc) is 2.93. The number of sulfone groups is 1. The van der Waals surface area contributed by atoms with Gasteiger partial charge in [-0.1, -0.05) is 24.3 Å². The predicted octanol–water partition coefficient (Wildman–Crippen LogP) is 2.67. The quantitative estimate of drug-likeness (QED) is 0.911. The lowest BCUT2D eigenvalue weighted by Crippen LogP contribution is -2.04. The van der Waals surface area contributed by atoms with Crippen LogP contribution in [0.4, 0.5) is 11.4 Å². The molecule has 0 bridgehead atoms. The third-order valence-corrected chi connectivity index (χ3v) is 4.79. The number of hydrogen-bond donors (Lipinski definition) is 2. The van der Waals surface area contributed by atoms with Crippen molar-refractivity contribution in [3.05, 3.63) is 53.6 Å². The van der Waals surface area contributed by atoms with Crippen LogP contribution in [0.2, 0.25) is 0 Å². The summed E-state index contributed by atoms with van der Waals surface area (Å²) in [4.78, 5) is 0.337. The molecule has 2 aromatic carbocycles. The Labute approximate surface area is 125 Å². The van der Waals surface area contributed by atoms with E-state index in [-0.39, 0.29) is 0 Å². The second-order valence-corrected chi connectivity index (χ2v) is 7.30. The lowest BCUT2D eigenvalue weighted by atomic mass is 10.1. The molecule has 0 fully saturated rings. The topological polar surface area (TPSA) is 58.2 Å². The molecule has 1 aliphatic heterocycles. The van der Waals surface area contributed by atoms with Crippen molar-refractivity contribution >= 4 is 21.2 Å². The largest absolute Gasteiger partial charge is 0.384 e. The number of nitrogens with one attached hydrogen (secondary N) is 2. The minimum Gasteiger partial charge on any atom is -0.384 e. The summed E-state index contributed by atoms with van der Waals surface area (Å²) in [5.41, 5.74) is 4.58. The molecule has 0 amide bonds. The minimum absolute atomic E-state index is 0.337. The van der Waals surface area contributed by atoms with Crippen LogP contribution in [0, 0.1) is 0 Å². The zero-order chi connectivity index (χ0) is 14.9. The summed E-state index contributed by atoms with van der Waals surface area (Å²) in [6, 6.07) is 13.2. The van der Waals surface area contributed by atoms with E-state index in [0.717, 1.165) is 18.7 Å². The normalized spacial score (nSPS) is 13.6. The summed E-state index contributed by atoms with van der Waals surface area (Å²) in [7, 11) is -3.17. The molecule has 0 spiro atoms. The first-order chi connectivity index (χ1) is 10.0. The molecular formula is C16H18N2O2S. The Morgan fingerprint density at radius 3 is 2.81 bits per heavy atom. The van der Waals surface area contributed by atoms with E-state index in [4.69, 9.17) is 0 Å². The number of fused-ring (bicyclic) bond motifs is 1. The van der Waals surface area contributed by atoms with Crippen molar-refractivity contribution < 1.29 is 8.42 Å². The van der Waals surface area contributed by atoms with E-state index in [0.29, 0.717) is 11.4 Å². The van der Waals surface area contributed by atoms with Gasteiger partial charge in [-0.25, -0.2) is 8.42 Å². The molecule has 3 rings (SSSR count). The first-order valence-corrected chi connectivity index (χ1v) is 8.82. The van der Waals surface area contributed by atoms with Crippen molar-refractivity contribution in [1.82, 2.24) is 0 Å². The first-order valence-electron chi connectivity index (χ1n) is 6.93. The lowest BCUT2D eigenvalue weighted by Gasteiger charge is -2.11. The summed E-state index contributed by atoms with van der Waals surface area (Å²) in [6.07, 6.45) is 2.28. The predicted molar refractivity (Wildman–Crippen MR) is 85.5 cm³/mol. The zero-order valence-electron chi connectivity index (χ0n) is 11.9. The standard InChI is InChI=1S/C16H18N2O2S/c1-21(19,20)15-7-3-6-14(10-15)18-11-13-5-2-4-12-8-9-17-16(12)13/h2-7,10,17-18H,8-9,11H2,1H3. The summed E-state index contributed by atoms with van der Waals surface area (Å²) < 4.78 is 23.1. The molecule has 0 saturated heterocycles. The van der Waals surface area contributed by atoms with Gasteiger partial charge in [0, 0.05) is 30.7 Å². The zero-order valence-corrected chi connectivity index (χ0v) is 12.7. The molecular weight excluding hydrogens is 284 g/mol. The van der Waals surface area contributed by atoms with Gasteiger partial charge < -0.3 is 10.6 Å². The Kier molecular flexibility index (Phi) is 3.59. The van der Waals surface area contributed by atoms with Gasteiger partial charge >= 0.3 is 0 Å². The minimum atomic E-state index is -3.17. The molecule has 1 heterocycles. The van der Waals surface area contributed by atoms with Crippen LogP contribution < -0.4 is 10.6 Å². The molecule has 0 aliphatic carbocycles. The highest BCUT2D eigenvalue weighted by Crippen LogP contribution is 2.27. The number of anilines is 2. The molecule has 0 aromatic heterocycles. The summed E-state index contributed by atoms with van der Waals surface area (Å²) in [5, 5.41) is 6.70. The fraction of sp³-hybridized carbons (Fsp3) is 0.250. The van der Waals surface area contributed by atoms with Crippen molar-refractivity contribution in [1.29, 1.82) is 0 Å². The van der Waals surface area contributed by atoms with Gasteiger partial charge in [0.15, 0.2) is 9.84 Å². The molecule has 0 saturated carbocycles. The third-order valence-electron chi connectivity index (χ3n) is 3.68. The van der Waals surface area contributed by atoms with Gasteiger partial charge in [0.05, 0.1) is 4.90 Å². The monoisotopic (exact) mass is 302 g/mol. The van der Waals surface area contributed by atoms with E-state index >= 15 is 0 Å². The molecule has 21 heavy (non-hydrogen) atoms. The maximum atomic E-state index is 11.6. The molecule has 1 aliphatic rings. The van der Waals surface area contributed by atoms with Crippen LogP contribution in [0.15, 0.2) is 47.4 Å². The Morgan fingerprint density at radius 1 is 1.19 bits per heavy atom. The van der Waals surface area contributed by atoms with E-state index in [1.54, 1.807) is 18.2 Å². The molecule has 2 aromatic rings. The lowest BCUT2D eigenvalue weighted by molar-refractivity contribution is 0.602. The Hall–Kier alpha value is -2.01. The fourth-order valence-electron chi connectivity index (χ4n) is 2.59. The molecule has 0 atom stereocenters. The maximum absolute atomic E-state index is 11.6. The molecule has 5 heteroatoms. The van der Waals surface area contributed by atoms with Crippen LogP contribution >= 0.6 is 0 Å². The molecule has 2 N–H and O–H groups in total. The van der Waals surface area contributed by atoms with Gasteiger partial charge in [-0.3, -0.25) is 0 Å². The van der Waals surface area contributed by atoms with Crippen LogP contribution in [-0.4, -0.2) is 21.2 Å². The van der Waals surface area contributed by atoms with Crippen molar-refractivity contribution in [2.24, 2.45) is 0 Å². The van der Waals surface area contributed by atoms with Gasteiger partial charge in [-0.2, -0.15) is 0 Å². The van der Waals surface area contributed by atoms with Gasteiger partial charge in [-0.15, -0.1) is 0 Å². The van der Waals surface area contributed by atoms with E-state index in [2.05, 4.69) is 28.8 Å². The average molecular weight is 302 g/mol. The Morgan fingerprint density at radius 2 is 2.00 bits per heavy atom. The van der Waals surface area contributed by atoms with Crippen molar-refractivity contribution in [2.45, 2.75) is 17.9 Å². The second kappa shape index (κ2) is 5.41. The first kappa shape index (κ1) is 13.9. The maximum Gasteiger partial charge on any atom is 0.175 e. The van der Waals surface area contributed by atoms with E-state index in [1.165, 1.54) is 23.1 Å². The number of hydrogen-bond acceptors (Lipinski definition) is 4. The van der Waals surface area contributed by atoms with Gasteiger partial charge in [0.2, 0.25) is 0 Å². The Bertz CT molecular complexity index is 770. The number of rotatable bonds is 4. The second-order valence-electron chi connectivity index (χ2n) is 5.28. The highest BCUT2D eigenvalue weighted by molar-refractivity contribution is 7.90. The number of benzene rings is 2. The fourth-order valence-corrected chi connectivity index (χ4v) is 3.26. The van der Waals surface area contributed by atoms with Crippen LogP contribution in [-0.2, 0) is 22.8 Å². The van der Waals surface area contributed by atoms with Gasteiger partial charge in [0.1, 0.15) is 0 Å². The van der Waals surface area contributed by atoms with E-state index < -0.39 is 9.84 Å². The Balaban J connectivity index is 1.79. The molecule has 4 nitrogen and oxygen atoms in total. The van der Waals surface area contributed by atoms with E-state index in [9.17, 15) is 8.42 Å². The summed E-state index contributed by atoms with van der Waals surface area (Å²) in [5.74, 6) is 0. The van der Waals surface area contributed by atoms with Crippen LogP contribution in [0.25, 0.3) is 0 Å². The van der Waals surface area contributed by atoms with Crippen molar-refractivity contribution in [3.63, 3.8) is 0 Å². The van der Waals surface area contributed by atoms with Crippen LogP contribution in [0.5, 0.6) is 0 Å². The molecule has 0 unspecified atom stereocenters. The third kappa shape index (κ3) is 3.03. The SMILES string of the molecule is CS(=O)(=O)c1cccc(NCc2cccc3c2NCC3)c1. The smallest absolute Gasteiger partial charge is 0.175 e. The highest BCUT2D eigenvalue weighted by Gasteiger charge is 2.13. The van der Waals surface area contributed by atoms with Crippen LogP contribution in [0.3, 0.4) is 0 Å². The van der Waals surface area contributed by atoms with E-state index in [1.807, 2.05) is 6.07 Å². The van der Waals surface area contributed by atoms with Crippen molar-refractivity contribution in [2.75, 3.05) is 23.4 Å². The van der Waals surface area contributed by atoms with Gasteiger partial charge in [-0.05, 0) is 35.7 Å². The highest BCUT2D eigenvalue weighted by atomic mass is 32.2. The van der Waals surface area contributed by atoms with Gasteiger partial charge in [0.25, 0.3) is 0 Å². The molecule has 0 radical (unpaired) electrons. The summed E-state index contributed by atoms with van der Waals surface area (Å²) in [6.45, 7) is 1.65. The number of para-hydroxylation sites is 1. The summed E-state index contributed by atoms with van der Waals surface area (Å²) >= 11 is 0. The molecule has 110 valence electrons. The van der Waals surface area contributed by atoms with Crippen molar-refractivity contribution in [3.8, 4) is 0 Å².